The molecule has 0 aliphatic heterocycles. The molecule has 0 aliphatic carbocycles. The van der Waals surface area contributed by atoms with Crippen LogP contribution >= 0.6 is 0 Å². The number of benzene rings is 1. The van der Waals surface area contributed by atoms with Crippen LogP contribution in [0.4, 0.5) is 10.1 Å². The minimum atomic E-state index is -0.939. The maximum Gasteiger partial charge on any atom is 0.305 e. The topological polar surface area (TPSA) is 78.4 Å². The van der Waals surface area contributed by atoms with Crippen molar-refractivity contribution in [3.63, 3.8) is 0 Å². The van der Waals surface area contributed by atoms with E-state index in [1.54, 1.807) is 13.0 Å². The van der Waals surface area contributed by atoms with Crippen molar-refractivity contribution in [2.24, 2.45) is 0 Å². The van der Waals surface area contributed by atoms with E-state index in [4.69, 9.17) is 9.26 Å². The molecule has 7 heteroatoms. The van der Waals surface area contributed by atoms with Gasteiger partial charge in [0.2, 0.25) is 5.82 Å². The van der Waals surface area contributed by atoms with Crippen molar-refractivity contribution in [2.45, 2.75) is 13.5 Å². The van der Waals surface area contributed by atoms with Gasteiger partial charge in [-0.3, -0.25) is 10.1 Å². The zero-order valence-corrected chi connectivity index (χ0v) is 9.42. The summed E-state index contributed by atoms with van der Waals surface area (Å²) in [7, 11) is 0. The highest BCUT2D eigenvalue weighted by atomic mass is 19.1. The quantitative estimate of drug-likeness (QED) is 0.617. The third-order valence-electron chi connectivity index (χ3n) is 2.17. The number of halogens is 1. The molecule has 0 amide bonds. The van der Waals surface area contributed by atoms with E-state index in [0.717, 1.165) is 12.1 Å². The Balaban J connectivity index is 2.06. The third-order valence-corrected chi connectivity index (χ3v) is 2.17. The summed E-state index contributed by atoms with van der Waals surface area (Å²) in [5.74, 6) is -0.260. The molecule has 2 aromatic rings. The lowest BCUT2D eigenvalue weighted by atomic mass is 10.3. The Kier molecular flexibility index (Phi) is 3.22. The summed E-state index contributed by atoms with van der Waals surface area (Å²) in [6.07, 6.45) is 0. The van der Waals surface area contributed by atoms with Crippen LogP contribution in [-0.2, 0) is 6.61 Å². The Morgan fingerprint density at radius 2 is 2.28 bits per heavy atom. The average Bonchev–Trinajstić information content (AvgIpc) is 2.72. The molecular formula is C11H9FN2O4. The molecule has 0 bridgehead atoms. The van der Waals surface area contributed by atoms with Crippen molar-refractivity contribution in [3.8, 4) is 5.75 Å². The van der Waals surface area contributed by atoms with Crippen molar-refractivity contribution in [1.82, 2.24) is 5.16 Å². The number of aryl methyl sites for hydroxylation is 1. The van der Waals surface area contributed by atoms with Crippen LogP contribution in [0.5, 0.6) is 5.75 Å². The number of nitro groups is 1. The summed E-state index contributed by atoms with van der Waals surface area (Å²) >= 11 is 0. The summed E-state index contributed by atoms with van der Waals surface area (Å²) in [6.45, 7) is 1.84. The van der Waals surface area contributed by atoms with Gasteiger partial charge in [0, 0.05) is 18.2 Å². The Bertz CT molecular complexity index is 582. The molecule has 0 unspecified atom stereocenters. The summed E-state index contributed by atoms with van der Waals surface area (Å²) in [4.78, 5) is 9.62. The van der Waals surface area contributed by atoms with Gasteiger partial charge >= 0.3 is 5.69 Å². The number of ether oxygens (including phenoxy) is 1. The number of nitro benzene ring substituents is 1. The smallest absolute Gasteiger partial charge is 0.305 e. The number of rotatable bonds is 4. The van der Waals surface area contributed by atoms with Crippen LogP contribution in [0.2, 0.25) is 0 Å². The van der Waals surface area contributed by atoms with Gasteiger partial charge in [0.1, 0.15) is 12.4 Å². The van der Waals surface area contributed by atoms with E-state index in [1.807, 2.05) is 0 Å². The van der Waals surface area contributed by atoms with Gasteiger partial charge < -0.3 is 9.26 Å². The van der Waals surface area contributed by atoms with Crippen molar-refractivity contribution in [3.05, 3.63) is 51.7 Å². The second-order valence-electron chi connectivity index (χ2n) is 3.59. The molecular weight excluding hydrogens is 243 g/mol. The molecule has 1 aromatic carbocycles. The minimum Gasteiger partial charge on any atom is -0.485 e. The number of hydrogen-bond donors (Lipinski definition) is 0. The largest absolute Gasteiger partial charge is 0.485 e. The zero-order chi connectivity index (χ0) is 13.1. The van der Waals surface area contributed by atoms with Crippen LogP contribution in [-0.4, -0.2) is 10.1 Å². The van der Waals surface area contributed by atoms with E-state index in [9.17, 15) is 14.5 Å². The summed E-state index contributed by atoms with van der Waals surface area (Å²) in [5, 5.41) is 14.1. The molecule has 0 aliphatic rings. The van der Waals surface area contributed by atoms with E-state index in [-0.39, 0.29) is 12.4 Å². The predicted molar refractivity (Wildman–Crippen MR) is 58.6 cm³/mol. The standard InChI is InChI=1S/C11H9FN2O4/c1-7-4-9(18-13-7)6-17-8-2-3-11(14(15)16)10(12)5-8/h2-5H,6H2,1H3. The van der Waals surface area contributed by atoms with Crippen LogP contribution in [0.25, 0.3) is 0 Å². The zero-order valence-electron chi connectivity index (χ0n) is 9.42. The highest BCUT2D eigenvalue weighted by Crippen LogP contribution is 2.23. The van der Waals surface area contributed by atoms with E-state index in [2.05, 4.69) is 5.16 Å². The maximum atomic E-state index is 13.3. The second kappa shape index (κ2) is 4.82. The molecule has 0 fully saturated rings. The monoisotopic (exact) mass is 252 g/mol. The van der Waals surface area contributed by atoms with E-state index >= 15 is 0 Å². The molecule has 2 rings (SSSR count). The van der Waals surface area contributed by atoms with Crippen molar-refractivity contribution in [2.75, 3.05) is 0 Å². The highest BCUT2D eigenvalue weighted by molar-refractivity contribution is 5.37. The molecule has 0 atom stereocenters. The first-order chi connectivity index (χ1) is 8.56. The molecule has 0 spiro atoms. The second-order valence-corrected chi connectivity index (χ2v) is 3.59. The summed E-state index contributed by atoms with van der Waals surface area (Å²) < 4.78 is 23.4. The molecule has 0 N–H and O–H groups in total. The molecule has 0 saturated carbocycles. The van der Waals surface area contributed by atoms with E-state index in [1.165, 1.54) is 6.07 Å². The summed E-state index contributed by atoms with van der Waals surface area (Å²) in [5.41, 5.74) is 0.126. The van der Waals surface area contributed by atoms with Crippen LogP contribution in [0.15, 0.2) is 28.8 Å². The van der Waals surface area contributed by atoms with Gasteiger partial charge in [0.05, 0.1) is 10.6 Å². The van der Waals surface area contributed by atoms with Gasteiger partial charge in [-0.05, 0) is 13.0 Å². The molecule has 94 valence electrons. The molecule has 1 heterocycles. The highest BCUT2D eigenvalue weighted by Gasteiger charge is 2.14. The fourth-order valence-electron chi connectivity index (χ4n) is 1.36. The first-order valence-corrected chi connectivity index (χ1v) is 5.05. The van der Waals surface area contributed by atoms with Gasteiger partial charge in [0.25, 0.3) is 0 Å². The average molecular weight is 252 g/mol. The SMILES string of the molecule is Cc1cc(COc2ccc([N+](=O)[O-])c(F)c2)on1. The van der Waals surface area contributed by atoms with Gasteiger partial charge in [-0.2, -0.15) is 4.39 Å². The van der Waals surface area contributed by atoms with Crippen molar-refractivity contribution >= 4 is 5.69 Å². The van der Waals surface area contributed by atoms with Crippen LogP contribution < -0.4 is 4.74 Å². The van der Waals surface area contributed by atoms with Gasteiger partial charge in [0.15, 0.2) is 5.76 Å². The van der Waals surface area contributed by atoms with Crippen LogP contribution in [0.1, 0.15) is 11.5 Å². The predicted octanol–water partition coefficient (Wildman–Crippen LogP) is 2.61. The van der Waals surface area contributed by atoms with E-state index in [0.29, 0.717) is 11.5 Å². The maximum absolute atomic E-state index is 13.3. The first-order valence-electron chi connectivity index (χ1n) is 5.05. The number of aromatic nitrogens is 1. The molecule has 6 nitrogen and oxygen atoms in total. The van der Waals surface area contributed by atoms with Crippen LogP contribution in [0, 0.1) is 22.9 Å². The number of nitrogens with zero attached hydrogens (tertiary/aromatic N) is 2. The first kappa shape index (κ1) is 12.0. The Labute approximate surface area is 101 Å². The van der Waals surface area contributed by atoms with Crippen molar-refractivity contribution < 1.29 is 18.6 Å². The van der Waals surface area contributed by atoms with Crippen molar-refractivity contribution in [1.29, 1.82) is 0 Å². The molecule has 1 aromatic heterocycles. The van der Waals surface area contributed by atoms with Crippen LogP contribution in [0.3, 0.4) is 0 Å². The molecule has 18 heavy (non-hydrogen) atoms. The Hall–Kier alpha value is -2.44. The fraction of sp³-hybridized carbons (Fsp3) is 0.182. The van der Waals surface area contributed by atoms with Gasteiger partial charge in [-0.25, -0.2) is 0 Å². The minimum absolute atomic E-state index is 0.0814. The normalized spacial score (nSPS) is 10.3. The lowest BCUT2D eigenvalue weighted by Gasteiger charge is -2.03. The third kappa shape index (κ3) is 2.62. The van der Waals surface area contributed by atoms with Gasteiger partial charge in [-0.15, -0.1) is 0 Å². The van der Waals surface area contributed by atoms with E-state index < -0.39 is 16.4 Å². The molecule has 0 radical (unpaired) electrons. The molecule has 0 saturated heterocycles. The lowest BCUT2D eigenvalue weighted by Crippen LogP contribution is -1.96. The lowest BCUT2D eigenvalue weighted by molar-refractivity contribution is -0.387. The van der Waals surface area contributed by atoms with Gasteiger partial charge in [-0.1, -0.05) is 5.16 Å². The number of hydrogen-bond acceptors (Lipinski definition) is 5. The Morgan fingerprint density at radius 1 is 1.50 bits per heavy atom. The summed E-state index contributed by atoms with van der Waals surface area (Å²) in [6, 6.07) is 5.02. The fourth-order valence-corrected chi connectivity index (χ4v) is 1.36. The Morgan fingerprint density at radius 3 is 2.83 bits per heavy atom.